The molecular formula is C22H19N5O4. The molecule has 9 nitrogen and oxygen atoms in total. The van der Waals surface area contributed by atoms with Gasteiger partial charge in [0.25, 0.3) is 11.5 Å². The lowest BCUT2D eigenvalue weighted by atomic mass is 10.2. The Hall–Kier alpha value is -4.40. The van der Waals surface area contributed by atoms with E-state index in [1.54, 1.807) is 38.3 Å². The van der Waals surface area contributed by atoms with Crippen molar-refractivity contribution in [3.05, 3.63) is 88.5 Å². The molecule has 4 rings (SSSR count). The second-order valence-electron chi connectivity index (χ2n) is 6.57. The molecule has 156 valence electrons. The van der Waals surface area contributed by atoms with Crippen molar-refractivity contribution in [3.8, 4) is 23.1 Å². The monoisotopic (exact) mass is 417 g/mol. The highest BCUT2D eigenvalue weighted by atomic mass is 16.5. The van der Waals surface area contributed by atoms with Gasteiger partial charge in [0.05, 0.1) is 24.6 Å². The fourth-order valence-electron chi connectivity index (χ4n) is 2.95. The van der Waals surface area contributed by atoms with Gasteiger partial charge in [-0.05, 0) is 49.4 Å². The van der Waals surface area contributed by atoms with Gasteiger partial charge in [-0.25, -0.2) is 9.78 Å². The van der Waals surface area contributed by atoms with Crippen LogP contribution in [-0.2, 0) is 0 Å². The summed E-state index contributed by atoms with van der Waals surface area (Å²) in [6, 6.07) is 17.2. The summed E-state index contributed by atoms with van der Waals surface area (Å²) < 4.78 is 12.6. The highest BCUT2D eigenvalue weighted by Gasteiger charge is 2.16. The van der Waals surface area contributed by atoms with Crippen LogP contribution in [0, 0.1) is 6.92 Å². The number of carbonyl (C=O) groups excluding carboxylic acids is 1. The predicted octanol–water partition coefficient (Wildman–Crippen LogP) is 3.32. The maximum atomic E-state index is 12.7. The van der Waals surface area contributed by atoms with Crippen LogP contribution in [0.3, 0.4) is 0 Å². The molecule has 0 saturated carbocycles. The molecule has 2 heterocycles. The first-order valence-electron chi connectivity index (χ1n) is 9.38. The molecule has 0 radical (unpaired) electrons. The van der Waals surface area contributed by atoms with Gasteiger partial charge in [0, 0.05) is 11.8 Å². The number of nitrogens with zero attached hydrogens (tertiary/aromatic N) is 3. The minimum atomic E-state index is -0.315. The number of anilines is 1. The van der Waals surface area contributed by atoms with Crippen LogP contribution in [0.25, 0.3) is 5.82 Å². The summed E-state index contributed by atoms with van der Waals surface area (Å²) in [6.07, 6.45) is 1.45. The van der Waals surface area contributed by atoms with E-state index in [2.05, 4.69) is 20.6 Å². The molecule has 31 heavy (non-hydrogen) atoms. The standard InChI is InChI=1S/C22H19N5O4/c1-14-17(13-23-27(14)20-11-12-21(28)26-25-20)22(29)24-15-7-9-16(10-8-15)31-19-6-4-3-5-18(19)30-2/h3-13H,1-2H3,(H,24,29)(H,26,28). The number of hydrogen-bond acceptors (Lipinski definition) is 6. The highest BCUT2D eigenvalue weighted by Crippen LogP contribution is 2.31. The van der Waals surface area contributed by atoms with E-state index in [0.29, 0.717) is 40.0 Å². The average molecular weight is 417 g/mol. The number of H-pyrrole nitrogens is 1. The summed E-state index contributed by atoms with van der Waals surface area (Å²) in [4.78, 5) is 23.9. The Morgan fingerprint density at radius 2 is 1.77 bits per heavy atom. The van der Waals surface area contributed by atoms with E-state index in [1.807, 2.05) is 24.3 Å². The quantitative estimate of drug-likeness (QED) is 0.498. The normalized spacial score (nSPS) is 10.5. The number of methoxy groups -OCH3 is 1. The molecule has 0 aliphatic rings. The summed E-state index contributed by atoms with van der Waals surface area (Å²) in [6.45, 7) is 1.75. The van der Waals surface area contributed by atoms with E-state index < -0.39 is 0 Å². The Morgan fingerprint density at radius 3 is 2.45 bits per heavy atom. The highest BCUT2D eigenvalue weighted by molar-refractivity contribution is 6.05. The van der Waals surface area contributed by atoms with Crippen molar-refractivity contribution < 1.29 is 14.3 Å². The Labute approximate surface area is 177 Å². The lowest BCUT2D eigenvalue weighted by Gasteiger charge is -2.11. The summed E-state index contributed by atoms with van der Waals surface area (Å²) in [5.41, 5.74) is 1.27. The van der Waals surface area contributed by atoms with Gasteiger partial charge >= 0.3 is 0 Å². The topological polar surface area (TPSA) is 111 Å². The lowest BCUT2D eigenvalue weighted by Crippen LogP contribution is -2.14. The largest absolute Gasteiger partial charge is 0.493 e. The predicted molar refractivity (Wildman–Crippen MR) is 114 cm³/mol. The first kappa shape index (κ1) is 19.9. The number of nitrogens with one attached hydrogen (secondary N) is 2. The molecule has 9 heteroatoms. The Morgan fingerprint density at radius 1 is 1.03 bits per heavy atom. The molecule has 1 amide bonds. The van der Waals surface area contributed by atoms with Crippen molar-refractivity contribution in [3.63, 3.8) is 0 Å². The van der Waals surface area contributed by atoms with Gasteiger partial charge < -0.3 is 14.8 Å². The van der Waals surface area contributed by atoms with E-state index in [4.69, 9.17) is 9.47 Å². The maximum absolute atomic E-state index is 12.7. The maximum Gasteiger partial charge on any atom is 0.264 e. The number of hydrogen-bond donors (Lipinski definition) is 2. The van der Waals surface area contributed by atoms with Crippen molar-refractivity contribution in [1.82, 2.24) is 20.0 Å². The number of ether oxygens (including phenoxy) is 2. The van der Waals surface area contributed by atoms with Gasteiger partial charge in [-0.2, -0.15) is 10.2 Å². The lowest BCUT2D eigenvalue weighted by molar-refractivity contribution is 0.102. The fraction of sp³-hybridized carbons (Fsp3) is 0.0909. The Kier molecular flexibility index (Phi) is 5.48. The van der Waals surface area contributed by atoms with E-state index in [-0.39, 0.29) is 11.5 Å². The van der Waals surface area contributed by atoms with E-state index >= 15 is 0 Å². The molecule has 0 spiro atoms. The van der Waals surface area contributed by atoms with Crippen molar-refractivity contribution in [2.45, 2.75) is 6.92 Å². The number of aromatic nitrogens is 4. The molecule has 0 aliphatic heterocycles. The van der Waals surface area contributed by atoms with Crippen LogP contribution in [0.5, 0.6) is 17.2 Å². The van der Waals surface area contributed by atoms with Crippen LogP contribution < -0.4 is 20.3 Å². The van der Waals surface area contributed by atoms with E-state index in [0.717, 1.165) is 0 Å². The number of aromatic amines is 1. The van der Waals surface area contributed by atoms with Gasteiger partial charge in [-0.15, -0.1) is 0 Å². The molecule has 2 aromatic carbocycles. The third-order valence-electron chi connectivity index (χ3n) is 4.54. The molecule has 0 atom stereocenters. The Bertz CT molecular complexity index is 1260. The van der Waals surface area contributed by atoms with Crippen molar-refractivity contribution in [1.29, 1.82) is 0 Å². The first-order chi connectivity index (χ1) is 15.0. The van der Waals surface area contributed by atoms with Crippen molar-refractivity contribution in [2.75, 3.05) is 12.4 Å². The molecule has 0 saturated heterocycles. The smallest absolute Gasteiger partial charge is 0.264 e. The van der Waals surface area contributed by atoms with Gasteiger partial charge in [-0.1, -0.05) is 12.1 Å². The second-order valence-corrected chi connectivity index (χ2v) is 6.57. The molecule has 0 bridgehead atoms. The molecule has 4 aromatic rings. The Balaban J connectivity index is 1.47. The minimum absolute atomic E-state index is 0.313. The SMILES string of the molecule is COc1ccccc1Oc1ccc(NC(=O)c2cnn(-c3ccc(=O)[nH]n3)c2C)cc1. The summed E-state index contributed by atoms with van der Waals surface area (Å²) in [7, 11) is 1.58. The summed E-state index contributed by atoms with van der Waals surface area (Å²) in [5, 5.41) is 13.3. The average Bonchev–Trinajstić information content (AvgIpc) is 3.17. The second kappa shape index (κ2) is 8.54. The molecule has 0 unspecified atom stereocenters. The number of rotatable bonds is 6. The van der Waals surface area contributed by atoms with Crippen molar-refractivity contribution >= 4 is 11.6 Å². The number of benzene rings is 2. The zero-order valence-corrected chi connectivity index (χ0v) is 16.8. The van der Waals surface area contributed by atoms with Crippen molar-refractivity contribution in [2.24, 2.45) is 0 Å². The van der Waals surface area contributed by atoms with Crippen LogP contribution in [-0.4, -0.2) is 33.0 Å². The fourth-order valence-corrected chi connectivity index (χ4v) is 2.95. The third kappa shape index (κ3) is 4.30. The van der Waals surface area contributed by atoms with E-state index in [9.17, 15) is 9.59 Å². The minimum Gasteiger partial charge on any atom is -0.493 e. The zero-order chi connectivity index (χ0) is 21.8. The third-order valence-corrected chi connectivity index (χ3v) is 4.54. The molecule has 0 fully saturated rings. The number of amides is 1. The molecule has 2 aromatic heterocycles. The first-order valence-corrected chi connectivity index (χ1v) is 9.38. The summed E-state index contributed by atoms with van der Waals surface area (Å²) in [5.74, 6) is 1.93. The van der Waals surface area contributed by atoms with Crippen LogP contribution in [0.4, 0.5) is 5.69 Å². The number of para-hydroxylation sites is 2. The van der Waals surface area contributed by atoms with E-state index in [1.165, 1.54) is 23.0 Å². The number of carbonyl (C=O) groups is 1. The van der Waals surface area contributed by atoms with Crippen LogP contribution >= 0.6 is 0 Å². The van der Waals surface area contributed by atoms with Gasteiger partial charge in [0.15, 0.2) is 17.3 Å². The van der Waals surface area contributed by atoms with Gasteiger partial charge in [-0.3, -0.25) is 9.59 Å². The zero-order valence-electron chi connectivity index (χ0n) is 16.8. The van der Waals surface area contributed by atoms with Gasteiger partial charge in [0.2, 0.25) is 0 Å². The summed E-state index contributed by atoms with van der Waals surface area (Å²) >= 11 is 0. The van der Waals surface area contributed by atoms with Gasteiger partial charge in [0.1, 0.15) is 5.75 Å². The van der Waals surface area contributed by atoms with Crippen LogP contribution in [0.1, 0.15) is 16.1 Å². The van der Waals surface area contributed by atoms with Crippen LogP contribution in [0.2, 0.25) is 0 Å². The molecular weight excluding hydrogens is 398 g/mol. The molecule has 0 aliphatic carbocycles. The van der Waals surface area contributed by atoms with Crippen LogP contribution in [0.15, 0.2) is 71.7 Å². The molecule has 2 N–H and O–H groups in total.